The van der Waals surface area contributed by atoms with Crippen LogP contribution in [0.5, 0.6) is 5.75 Å². The van der Waals surface area contributed by atoms with Crippen molar-refractivity contribution in [1.29, 1.82) is 10.8 Å². The highest BCUT2D eigenvalue weighted by molar-refractivity contribution is 7.93. The van der Waals surface area contributed by atoms with Gasteiger partial charge in [0.25, 0.3) is 0 Å². The lowest BCUT2D eigenvalue weighted by Gasteiger charge is -2.33. The van der Waals surface area contributed by atoms with Gasteiger partial charge in [0.15, 0.2) is 5.75 Å². The van der Waals surface area contributed by atoms with Gasteiger partial charge in [-0.25, -0.2) is 8.42 Å². The second-order valence-corrected chi connectivity index (χ2v) is 11.1. The Morgan fingerprint density at radius 1 is 1.24 bits per heavy atom. The third-order valence-corrected chi connectivity index (χ3v) is 8.02. The van der Waals surface area contributed by atoms with E-state index in [0.29, 0.717) is 29.1 Å². The van der Waals surface area contributed by atoms with E-state index in [1.54, 1.807) is 42.5 Å². The summed E-state index contributed by atoms with van der Waals surface area (Å²) in [6, 6.07) is 11.4. The summed E-state index contributed by atoms with van der Waals surface area (Å²) in [5.74, 6) is -1.63. The van der Waals surface area contributed by atoms with Gasteiger partial charge in [0.05, 0.1) is 23.1 Å². The summed E-state index contributed by atoms with van der Waals surface area (Å²) in [4.78, 5) is 13.3. The number of ether oxygens (including phenoxy) is 1. The first-order valence-corrected chi connectivity index (χ1v) is 14.1. The molecule has 0 radical (unpaired) electrons. The van der Waals surface area contributed by atoms with Gasteiger partial charge >= 0.3 is 5.97 Å². The molecular weight excluding hydrogens is 530 g/mol. The van der Waals surface area contributed by atoms with Crippen molar-refractivity contribution >= 4 is 51.0 Å². The third kappa shape index (κ3) is 7.72. The summed E-state index contributed by atoms with van der Waals surface area (Å²) < 4.78 is 32.9. The quantitative estimate of drug-likeness (QED) is 0.240. The van der Waals surface area contributed by atoms with E-state index >= 15 is 0 Å². The predicted octanol–water partition coefficient (Wildman–Crippen LogP) is 3.79. The van der Waals surface area contributed by atoms with E-state index in [4.69, 9.17) is 38.0 Å². The second kappa shape index (κ2) is 12.8. The lowest BCUT2D eigenvalue weighted by molar-refractivity contribution is -0.134. The molecule has 1 saturated heterocycles. The number of nitrogens with one attached hydrogen (secondary N) is 2. The fourth-order valence-corrected chi connectivity index (χ4v) is 5.53. The fourth-order valence-electron chi connectivity index (χ4n) is 4.10. The highest BCUT2D eigenvalue weighted by atomic mass is 35.5. The number of nitrogens with two attached hydrogens (primary N) is 1. The molecule has 0 spiro atoms. The SMILES string of the molecule is CCC(=N)N1CCC(Oc2ccc(N(CC=Cc3cccc(C(=N)N)c3)S(=O)(=O)CC(=O)O)cc2Cl)CC1. The number of sulfonamides is 1. The zero-order chi connectivity index (χ0) is 27.9. The fraction of sp³-hybridized carbons (Fsp3) is 0.346. The molecule has 1 aliphatic rings. The highest BCUT2D eigenvalue weighted by Gasteiger charge is 2.26. The van der Waals surface area contributed by atoms with Crippen molar-refractivity contribution in [3.05, 3.63) is 64.7 Å². The lowest BCUT2D eigenvalue weighted by atomic mass is 10.1. The Labute approximate surface area is 227 Å². The smallest absolute Gasteiger partial charge is 0.320 e. The standard InChI is InChI=1S/C26H32ClN5O5S/c1-2-24(28)31-13-10-21(11-14-31)37-23-9-8-20(16-22(23)27)32(38(35,36)17-25(33)34)12-4-6-18-5-3-7-19(15-18)26(29)30/h3-9,15-16,21,28H,2,10-14,17H2,1H3,(H3,29,30)(H,33,34). The number of likely N-dealkylation sites (tertiary alicyclic amines) is 1. The number of piperidine rings is 1. The summed E-state index contributed by atoms with van der Waals surface area (Å²) in [6.07, 6.45) is 5.31. The molecule has 0 unspecified atom stereocenters. The van der Waals surface area contributed by atoms with Crippen molar-refractivity contribution in [2.75, 3.05) is 29.7 Å². The van der Waals surface area contributed by atoms with Gasteiger partial charge in [-0.2, -0.15) is 0 Å². The number of amidine groups is 2. The van der Waals surface area contributed by atoms with Gasteiger partial charge in [0.2, 0.25) is 10.0 Å². The molecule has 204 valence electrons. The van der Waals surface area contributed by atoms with Gasteiger partial charge in [-0.3, -0.25) is 19.9 Å². The summed E-state index contributed by atoms with van der Waals surface area (Å²) in [7, 11) is -4.22. The van der Waals surface area contributed by atoms with E-state index in [-0.39, 0.29) is 29.2 Å². The van der Waals surface area contributed by atoms with E-state index < -0.39 is 21.7 Å². The third-order valence-electron chi connectivity index (χ3n) is 6.08. The zero-order valence-corrected chi connectivity index (χ0v) is 22.6. The Balaban J connectivity index is 1.78. The number of anilines is 1. The molecule has 10 nitrogen and oxygen atoms in total. The molecule has 2 aromatic rings. The number of carboxylic acid groups (broad SMARTS) is 1. The lowest BCUT2D eigenvalue weighted by Crippen LogP contribution is -2.41. The highest BCUT2D eigenvalue weighted by Crippen LogP contribution is 2.32. The number of hydrogen-bond donors (Lipinski definition) is 4. The average Bonchev–Trinajstić information content (AvgIpc) is 2.87. The molecule has 0 aliphatic carbocycles. The minimum Gasteiger partial charge on any atom is -0.489 e. The van der Waals surface area contributed by atoms with Crippen LogP contribution in [0.1, 0.15) is 37.3 Å². The van der Waals surface area contributed by atoms with E-state index in [2.05, 4.69) is 0 Å². The molecule has 1 fully saturated rings. The zero-order valence-electron chi connectivity index (χ0n) is 21.1. The molecule has 2 aromatic carbocycles. The van der Waals surface area contributed by atoms with Gasteiger partial charge in [-0.15, -0.1) is 0 Å². The van der Waals surface area contributed by atoms with Crippen LogP contribution in [0.15, 0.2) is 48.5 Å². The topological polar surface area (TPSA) is 161 Å². The number of halogens is 1. The number of nitrogens with zero attached hydrogens (tertiary/aromatic N) is 2. The van der Waals surface area contributed by atoms with Gasteiger partial charge in [-0.05, 0) is 29.8 Å². The van der Waals surface area contributed by atoms with Gasteiger partial charge in [-0.1, -0.05) is 48.9 Å². The minimum absolute atomic E-state index is 0.0835. The predicted molar refractivity (Wildman–Crippen MR) is 150 cm³/mol. The molecule has 0 atom stereocenters. The van der Waals surface area contributed by atoms with Crippen LogP contribution in [0.25, 0.3) is 6.08 Å². The van der Waals surface area contributed by atoms with Gasteiger partial charge in [0.1, 0.15) is 17.7 Å². The van der Waals surface area contributed by atoms with Gasteiger partial charge in [0, 0.05) is 37.9 Å². The van der Waals surface area contributed by atoms with E-state index in [1.165, 1.54) is 12.1 Å². The maximum absolute atomic E-state index is 12.9. The van der Waals surface area contributed by atoms with Gasteiger partial charge < -0.3 is 20.5 Å². The number of rotatable bonds is 11. The first-order valence-electron chi connectivity index (χ1n) is 12.1. The van der Waals surface area contributed by atoms with Crippen LogP contribution in [0.3, 0.4) is 0 Å². The molecule has 0 amide bonds. The average molecular weight is 562 g/mol. The number of aliphatic carboxylic acids is 1. The van der Waals surface area contributed by atoms with Crippen LogP contribution in [0, 0.1) is 10.8 Å². The van der Waals surface area contributed by atoms with Crippen molar-refractivity contribution in [2.45, 2.75) is 32.3 Å². The van der Waals surface area contributed by atoms with E-state index in [9.17, 15) is 13.2 Å². The molecule has 0 saturated carbocycles. The maximum atomic E-state index is 12.9. The second-order valence-electron chi connectivity index (χ2n) is 8.84. The van der Waals surface area contributed by atoms with Crippen LogP contribution in [0.4, 0.5) is 5.69 Å². The summed E-state index contributed by atoms with van der Waals surface area (Å²) >= 11 is 6.47. The van der Waals surface area contributed by atoms with Crippen LogP contribution in [0.2, 0.25) is 5.02 Å². The minimum atomic E-state index is -4.22. The van der Waals surface area contributed by atoms with Crippen molar-refractivity contribution in [3.8, 4) is 5.75 Å². The molecule has 1 heterocycles. The first kappa shape index (κ1) is 29.0. The van der Waals surface area contributed by atoms with E-state index in [1.807, 2.05) is 11.8 Å². The monoisotopic (exact) mass is 561 g/mol. The molecule has 5 N–H and O–H groups in total. The van der Waals surface area contributed by atoms with Crippen molar-refractivity contribution < 1.29 is 23.1 Å². The number of hydrogen-bond acceptors (Lipinski definition) is 6. The Bertz CT molecular complexity index is 1320. The van der Waals surface area contributed by atoms with Crippen molar-refractivity contribution in [1.82, 2.24) is 4.90 Å². The van der Waals surface area contributed by atoms with E-state index in [0.717, 1.165) is 30.2 Å². The molecule has 38 heavy (non-hydrogen) atoms. The normalized spacial score (nSPS) is 14.4. The molecule has 3 rings (SSSR count). The van der Waals surface area contributed by atoms with Crippen molar-refractivity contribution in [2.24, 2.45) is 5.73 Å². The number of nitrogen functional groups attached to an aromatic ring is 1. The van der Waals surface area contributed by atoms with Crippen LogP contribution >= 0.6 is 11.6 Å². The molecular formula is C26H32ClN5O5S. The van der Waals surface area contributed by atoms with Crippen molar-refractivity contribution in [3.63, 3.8) is 0 Å². The first-order chi connectivity index (χ1) is 18.0. The molecule has 12 heteroatoms. The Morgan fingerprint density at radius 3 is 2.55 bits per heavy atom. The maximum Gasteiger partial charge on any atom is 0.320 e. The Hall–Kier alpha value is -3.57. The summed E-state index contributed by atoms with van der Waals surface area (Å²) in [5.41, 5.74) is 6.97. The van der Waals surface area contributed by atoms with Crippen LogP contribution < -0.4 is 14.8 Å². The van der Waals surface area contributed by atoms with Crippen LogP contribution in [-0.4, -0.2) is 67.6 Å². The molecule has 1 aliphatic heterocycles. The Kier molecular flexibility index (Phi) is 9.76. The van der Waals surface area contributed by atoms with Crippen LogP contribution in [-0.2, 0) is 14.8 Å². The summed E-state index contributed by atoms with van der Waals surface area (Å²) in [5, 5.41) is 24.9. The molecule has 0 bridgehead atoms. The summed E-state index contributed by atoms with van der Waals surface area (Å²) in [6.45, 7) is 3.25. The largest absolute Gasteiger partial charge is 0.489 e. The number of carbonyl (C=O) groups is 1. The molecule has 0 aromatic heterocycles. The number of benzene rings is 2. The Morgan fingerprint density at radius 2 is 1.95 bits per heavy atom. The number of carboxylic acids is 1.